The van der Waals surface area contributed by atoms with Gasteiger partial charge in [0, 0.05) is 5.56 Å². The third-order valence-electron chi connectivity index (χ3n) is 2.17. The van der Waals surface area contributed by atoms with Crippen molar-refractivity contribution in [1.82, 2.24) is 0 Å². The molecule has 1 rings (SSSR count). The fourth-order valence-electron chi connectivity index (χ4n) is 1.39. The number of methoxy groups -OCH3 is 1. The highest BCUT2D eigenvalue weighted by Gasteiger charge is 2.17. The number of nitriles is 1. The Labute approximate surface area is 98.6 Å². The number of ether oxygens (including phenoxy) is 2. The summed E-state index contributed by atoms with van der Waals surface area (Å²) in [6.45, 7) is 1.87. The van der Waals surface area contributed by atoms with E-state index >= 15 is 0 Å². The van der Waals surface area contributed by atoms with Crippen LogP contribution in [0.5, 0.6) is 5.75 Å². The number of rotatable bonds is 4. The van der Waals surface area contributed by atoms with Crippen molar-refractivity contribution < 1.29 is 18.7 Å². The molecule has 0 atom stereocenters. The lowest BCUT2D eigenvalue weighted by molar-refractivity contribution is -0.142. The highest BCUT2D eigenvalue weighted by Crippen LogP contribution is 2.24. The molecule has 17 heavy (non-hydrogen) atoms. The molecular formula is C12H12FNO3. The van der Waals surface area contributed by atoms with Crippen molar-refractivity contribution in [3.8, 4) is 11.8 Å². The topological polar surface area (TPSA) is 59.3 Å². The second-order valence-electron chi connectivity index (χ2n) is 3.20. The summed E-state index contributed by atoms with van der Waals surface area (Å²) < 4.78 is 23.3. The minimum Gasteiger partial charge on any atom is -0.494 e. The zero-order valence-corrected chi connectivity index (χ0v) is 9.62. The third kappa shape index (κ3) is 2.94. The molecule has 0 N–H and O–H groups in total. The van der Waals surface area contributed by atoms with E-state index in [0.717, 1.165) is 0 Å². The van der Waals surface area contributed by atoms with Crippen LogP contribution in [0.4, 0.5) is 4.39 Å². The Morgan fingerprint density at radius 1 is 1.53 bits per heavy atom. The molecule has 0 amide bonds. The van der Waals surface area contributed by atoms with Crippen molar-refractivity contribution in [3.05, 3.63) is 29.1 Å². The van der Waals surface area contributed by atoms with Crippen molar-refractivity contribution in [2.45, 2.75) is 13.3 Å². The summed E-state index contributed by atoms with van der Waals surface area (Å²) in [5.41, 5.74) is 0.113. The molecule has 90 valence electrons. The van der Waals surface area contributed by atoms with E-state index in [0.29, 0.717) is 0 Å². The number of benzene rings is 1. The SMILES string of the molecule is CCOC(=O)Cc1c(C#N)ccc(OC)c1F. The van der Waals surface area contributed by atoms with Gasteiger partial charge in [-0.3, -0.25) is 4.79 Å². The largest absolute Gasteiger partial charge is 0.494 e. The van der Waals surface area contributed by atoms with Gasteiger partial charge >= 0.3 is 5.97 Å². The highest BCUT2D eigenvalue weighted by molar-refractivity contribution is 5.74. The van der Waals surface area contributed by atoms with Gasteiger partial charge in [-0.1, -0.05) is 0 Å². The number of esters is 1. The molecule has 0 saturated carbocycles. The standard InChI is InChI=1S/C12H12FNO3/c1-3-17-11(15)6-9-8(7-14)4-5-10(16-2)12(9)13/h4-5H,3,6H2,1-2H3. The summed E-state index contributed by atoms with van der Waals surface area (Å²) in [6.07, 6.45) is -0.278. The van der Waals surface area contributed by atoms with Crippen molar-refractivity contribution in [3.63, 3.8) is 0 Å². The van der Waals surface area contributed by atoms with Gasteiger partial charge in [0.15, 0.2) is 11.6 Å². The minimum absolute atomic E-state index is 0.00305. The van der Waals surface area contributed by atoms with E-state index in [9.17, 15) is 9.18 Å². The number of hydrogen-bond donors (Lipinski definition) is 0. The molecule has 4 nitrogen and oxygen atoms in total. The molecule has 5 heteroatoms. The first kappa shape index (κ1) is 13.0. The maximum Gasteiger partial charge on any atom is 0.310 e. The van der Waals surface area contributed by atoms with Crippen LogP contribution in [-0.4, -0.2) is 19.7 Å². The number of carbonyl (C=O) groups is 1. The summed E-state index contributed by atoms with van der Waals surface area (Å²) in [6, 6.07) is 4.59. The summed E-state index contributed by atoms with van der Waals surface area (Å²) >= 11 is 0. The summed E-state index contributed by atoms with van der Waals surface area (Å²) in [5.74, 6) is -1.26. The molecule has 0 aliphatic heterocycles. The molecule has 0 fully saturated rings. The van der Waals surface area contributed by atoms with Gasteiger partial charge in [0.05, 0.1) is 31.8 Å². The van der Waals surface area contributed by atoms with Gasteiger partial charge in [0.25, 0.3) is 0 Å². The molecular weight excluding hydrogens is 225 g/mol. The van der Waals surface area contributed by atoms with Crippen LogP contribution in [0.25, 0.3) is 0 Å². The first-order valence-electron chi connectivity index (χ1n) is 5.05. The van der Waals surface area contributed by atoms with E-state index in [1.165, 1.54) is 19.2 Å². The van der Waals surface area contributed by atoms with Crippen molar-refractivity contribution >= 4 is 5.97 Å². The van der Waals surface area contributed by atoms with Crippen LogP contribution in [0.15, 0.2) is 12.1 Å². The second kappa shape index (κ2) is 5.85. The molecule has 0 aromatic heterocycles. The molecule has 0 bridgehead atoms. The molecule has 0 heterocycles. The van der Waals surface area contributed by atoms with Gasteiger partial charge in [-0.15, -0.1) is 0 Å². The first-order valence-corrected chi connectivity index (χ1v) is 5.05. The Kier molecular flexibility index (Phi) is 4.46. The molecule has 1 aromatic carbocycles. The van der Waals surface area contributed by atoms with Gasteiger partial charge in [0.2, 0.25) is 0 Å². The number of carbonyl (C=O) groups excluding carboxylic acids is 1. The number of halogens is 1. The molecule has 0 aliphatic carbocycles. The maximum atomic E-state index is 13.8. The molecule has 0 unspecified atom stereocenters. The van der Waals surface area contributed by atoms with Gasteiger partial charge < -0.3 is 9.47 Å². The van der Waals surface area contributed by atoms with Crippen LogP contribution in [-0.2, 0) is 16.0 Å². The van der Waals surface area contributed by atoms with Crippen LogP contribution in [0.1, 0.15) is 18.1 Å². The third-order valence-corrected chi connectivity index (χ3v) is 2.17. The average Bonchev–Trinajstić information content (AvgIpc) is 2.32. The average molecular weight is 237 g/mol. The van der Waals surface area contributed by atoms with Crippen LogP contribution in [0, 0.1) is 17.1 Å². The van der Waals surface area contributed by atoms with Gasteiger partial charge in [-0.25, -0.2) is 4.39 Å². The lowest BCUT2D eigenvalue weighted by Crippen LogP contribution is -2.11. The zero-order valence-electron chi connectivity index (χ0n) is 9.62. The molecule has 0 saturated heterocycles. The van der Waals surface area contributed by atoms with Crippen molar-refractivity contribution in [2.24, 2.45) is 0 Å². The van der Waals surface area contributed by atoms with Gasteiger partial charge in [-0.05, 0) is 19.1 Å². The molecule has 1 aromatic rings. The first-order chi connectivity index (χ1) is 8.13. The van der Waals surface area contributed by atoms with Crippen LogP contribution in [0.2, 0.25) is 0 Å². The van der Waals surface area contributed by atoms with Crippen molar-refractivity contribution in [2.75, 3.05) is 13.7 Å². The smallest absolute Gasteiger partial charge is 0.310 e. The van der Waals surface area contributed by atoms with Gasteiger partial charge in [0.1, 0.15) is 0 Å². The van der Waals surface area contributed by atoms with E-state index < -0.39 is 11.8 Å². The number of nitrogens with zero attached hydrogens (tertiary/aromatic N) is 1. The zero-order chi connectivity index (χ0) is 12.8. The fourth-order valence-corrected chi connectivity index (χ4v) is 1.39. The molecule has 0 aliphatic rings. The van der Waals surface area contributed by atoms with Gasteiger partial charge in [-0.2, -0.15) is 5.26 Å². The minimum atomic E-state index is -0.695. The van der Waals surface area contributed by atoms with E-state index in [1.54, 1.807) is 6.92 Å². The summed E-state index contributed by atoms with van der Waals surface area (Å²) in [7, 11) is 1.32. The predicted molar refractivity (Wildman–Crippen MR) is 58.0 cm³/mol. The lowest BCUT2D eigenvalue weighted by atomic mass is 10.0. The van der Waals surface area contributed by atoms with Crippen LogP contribution in [0.3, 0.4) is 0 Å². The molecule has 0 spiro atoms. The fraction of sp³-hybridized carbons (Fsp3) is 0.333. The highest BCUT2D eigenvalue weighted by atomic mass is 19.1. The van der Waals surface area contributed by atoms with E-state index in [-0.39, 0.29) is 29.9 Å². The predicted octanol–water partition coefficient (Wildman–Crippen LogP) is 1.81. The molecule has 0 radical (unpaired) electrons. The normalized spacial score (nSPS) is 9.53. The Balaban J connectivity index is 3.11. The van der Waals surface area contributed by atoms with E-state index in [4.69, 9.17) is 14.7 Å². The van der Waals surface area contributed by atoms with E-state index in [2.05, 4.69) is 0 Å². The Morgan fingerprint density at radius 2 is 2.24 bits per heavy atom. The van der Waals surface area contributed by atoms with Crippen molar-refractivity contribution in [1.29, 1.82) is 5.26 Å². The Morgan fingerprint density at radius 3 is 2.76 bits per heavy atom. The summed E-state index contributed by atoms with van der Waals surface area (Å²) in [4.78, 5) is 11.3. The summed E-state index contributed by atoms with van der Waals surface area (Å²) in [5, 5.41) is 8.84. The number of hydrogen-bond acceptors (Lipinski definition) is 4. The van der Waals surface area contributed by atoms with E-state index in [1.807, 2.05) is 6.07 Å². The Bertz CT molecular complexity index is 466. The quantitative estimate of drug-likeness (QED) is 0.749. The second-order valence-corrected chi connectivity index (χ2v) is 3.20. The van der Waals surface area contributed by atoms with Crippen LogP contribution < -0.4 is 4.74 Å². The lowest BCUT2D eigenvalue weighted by Gasteiger charge is -2.08. The van der Waals surface area contributed by atoms with Crippen LogP contribution >= 0.6 is 0 Å². The maximum absolute atomic E-state index is 13.8. The Hall–Kier alpha value is -2.09. The monoisotopic (exact) mass is 237 g/mol.